The van der Waals surface area contributed by atoms with E-state index in [4.69, 9.17) is 0 Å². The first-order chi connectivity index (χ1) is 3.39. The van der Waals surface area contributed by atoms with Gasteiger partial charge in [0, 0.05) is 32.7 Å². The van der Waals surface area contributed by atoms with Crippen LogP contribution in [0.4, 0.5) is 0 Å². The maximum Gasteiger partial charge on any atom is 0 e. The molecule has 0 unspecified atom stereocenters. The molecule has 0 atom stereocenters. The average molecular weight is 196 g/mol. The second-order valence-corrected chi connectivity index (χ2v) is 1.49. The van der Waals surface area contributed by atoms with Crippen molar-refractivity contribution < 1.29 is 32.7 Å². The normalized spacial score (nSPS) is 6.67. The third-order valence-electron chi connectivity index (χ3n) is 0.843. The molecule has 9 heavy (non-hydrogen) atoms. The minimum Gasteiger partial charge on any atom is -0.693 e. The van der Waals surface area contributed by atoms with Gasteiger partial charge in [0.25, 0.3) is 0 Å². The summed E-state index contributed by atoms with van der Waals surface area (Å²) in [6.07, 6.45) is 0. The monoisotopic (exact) mass is 196 g/mol. The minimum atomic E-state index is 0. The molecule has 0 aliphatic carbocycles. The molecular formula is C7H9NY-2. The summed E-state index contributed by atoms with van der Waals surface area (Å²) in [5.74, 6) is 0. The van der Waals surface area contributed by atoms with E-state index in [9.17, 15) is 0 Å². The summed E-state index contributed by atoms with van der Waals surface area (Å²) in [5.41, 5.74) is 1.07. The summed E-state index contributed by atoms with van der Waals surface area (Å²) in [4.78, 5) is 0. The van der Waals surface area contributed by atoms with E-state index in [0.717, 1.165) is 5.56 Å². The molecule has 47 valence electrons. The first-order valence-electron chi connectivity index (χ1n) is 2.26. The fourth-order valence-corrected chi connectivity index (χ4v) is 0.478. The maximum absolute atomic E-state index is 3.72. The molecule has 0 aliphatic rings. The van der Waals surface area contributed by atoms with Crippen LogP contribution in [0.15, 0.2) is 30.3 Å². The Balaban J connectivity index is 0. The SMILES string of the molecule is [CH2-]c1ccccc1.[NH2-].[Y]. The van der Waals surface area contributed by atoms with Crippen LogP contribution >= 0.6 is 0 Å². The second kappa shape index (κ2) is 6.28. The topological polar surface area (TPSA) is 33.5 Å². The second-order valence-electron chi connectivity index (χ2n) is 1.49. The Hall–Kier alpha value is 0.154. The van der Waals surface area contributed by atoms with Crippen LogP contribution in [0.3, 0.4) is 0 Å². The van der Waals surface area contributed by atoms with E-state index in [2.05, 4.69) is 6.92 Å². The van der Waals surface area contributed by atoms with Gasteiger partial charge >= 0.3 is 0 Å². The van der Waals surface area contributed by atoms with Gasteiger partial charge in [0.05, 0.1) is 0 Å². The average Bonchev–Trinajstić information content (AvgIpc) is 1.69. The van der Waals surface area contributed by atoms with Crippen molar-refractivity contribution in [3.63, 3.8) is 0 Å². The predicted molar refractivity (Wildman–Crippen MR) is 36.2 cm³/mol. The largest absolute Gasteiger partial charge is 0.693 e. The predicted octanol–water partition coefficient (Wildman–Crippen LogP) is 2.58. The zero-order valence-electron chi connectivity index (χ0n) is 5.25. The fraction of sp³-hybridized carbons (Fsp3) is 0. The summed E-state index contributed by atoms with van der Waals surface area (Å²) in [7, 11) is 0. The molecule has 0 saturated carbocycles. The van der Waals surface area contributed by atoms with Gasteiger partial charge in [-0.05, 0) is 0 Å². The van der Waals surface area contributed by atoms with Crippen LogP contribution in [0.25, 0.3) is 6.15 Å². The third-order valence-corrected chi connectivity index (χ3v) is 0.843. The summed E-state index contributed by atoms with van der Waals surface area (Å²) in [6.45, 7) is 3.72. The van der Waals surface area contributed by atoms with Gasteiger partial charge in [0.1, 0.15) is 0 Å². The molecule has 2 heteroatoms. The van der Waals surface area contributed by atoms with E-state index in [0.29, 0.717) is 0 Å². The van der Waals surface area contributed by atoms with Gasteiger partial charge in [-0.15, -0.1) is 12.1 Å². The van der Waals surface area contributed by atoms with Gasteiger partial charge in [0.2, 0.25) is 0 Å². The Morgan fingerprint density at radius 3 is 1.67 bits per heavy atom. The first-order valence-corrected chi connectivity index (χ1v) is 2.26. The quantitative estimate of drug-likeness (QED) is 0.571. The first kappa shape index (κ1) is 11.9. The summed E-state index contributed by atoms with van der Waals surface area (Å²) in [6, 6.07) is 9.87. The Bertz CT molecular complexity index is 139. The molecule has 1 nitrogen and oxygen atoms in total. The van der Waals surface area contributed by atoms with Crippen LogP contribution in [0.1, 0.15) is 5.56 Å². The van der Waals surface area contributed by atoms with Gasteiger partial charge in [-0.25, -0.2) is 0 Å². The number of benzene rings is 1. The van der Waals surface area contributed by atoms with Gasteiger partial charge in [-0.3, -0.25) is 0 Å². The molecule has 0 heterocycles. The van der Waals surface area contributed by atoms with Crippen LogP contribution in [-0.4, -0.2) is 0 Å². The van der Waals surface area contributed by atoms with Crippen molar-refractivity contribution in [2.45, 2.75) is 0 Å². The summed E-state index contributed by atoms with van der Waals surface area (Å²) >= 11 is 0. The van der Waals surface area contributed by atoms with Gasteiger partial charge < -0.3 is 6.15 Å². The standard InChI is InChI=1S/C7H7.H2N.Y/c1-7-5-3-2-4-6-7;;/h2-6H,1H2;1H2;/q2*-1;. The molecule has 1 radical (unpaired) electrons. The smallest absolute Gasteiger partial charge is 0 e. The van der Waals surface area contributed by atoms with Crippen molar-refractivity contribution in [1.82, 2.24) is 0 Å². The van der Waals surface area contributed by atoms with E-state index < -0.39 is 0 Å². The third kappa shape index (κ3) is 4.64. The van der Waals surface area contributed by atoms with Gasteiger partial charge in [-0.1, -0.05) is 6.07 Å². The van der Waals surface area contributed by atoms with E-state index >= 15 is 0 Å². The molecule has 2 N–H and O–H groups in total. The zero-order chi connectivity index (χ0) is 5.11. The van der Waals surface area contributed by atoms with Crippen LogP contribution in [0.5, 0.6) is 0 Å². The number of nitrogens with two attached hydrogens (primary N) is 1. The Labute approximate surface area is 81.3 Å². The Morgan fingerprint density at radius 2 is 1.44 bits per heavy atom. The molecule has 1 aromatic carbocycles. The number of hydrogen-bond acceptors (Lipinski definition) is 0. The number of rotatable bonds is 0. The van der Waals surface area contributed by atoms with Crippen LogP contribution < -0.4 is 0 Å². The number of hydrogen-bond donors (Lipinski definition) is 0. The van der Waals surface area contributed by atoms with E-state index in [1.54, 1.807) is 0 Å². The van der Waals surface area contributed by atoms with Crippen LogP contribution in [0, 0.1) is 6.92 Å². The van der Waals surface area contributed by atoms with E-state index in [1.165, 1.54) is 0 Å². The molecule has 0 aliphatic heterocycles. The van der Waals surface area contributed by atoms with Crippen molar-refractivity contribution in [2.24, 2.45) is 0 Å². The van der Waals surface area contributed by atoms with Crippen molar-refractivity contribution in [1.29, 1.82) is 0 Å². The van der Waals surface area contributed by atoms with E-state index in [1.807, 2.05) is 30.3 Å². The van der Waals surface area contributed by atoms with Gasteiger partial charge in [-0.2, -0.15) is 24.6 Å². The maximum atomic E-state index is 3.72. The molecule has 0 saturated heterocycles. The molecule has 1 rings (SSSR count). The molecule has 0 aromatic heterocycles. The molecule has 0 amide bonds. The summed E-state index contributed by atoms with van der Waals surface area (Å²) in [5, 5.41) is 0. The van der Waals surface area contributed by atoms with Crippen molar-refractivity contribution in [3.05, 3.63) is 49.0 Å². The van der Waals surface area contributed by atoms with Crippen LogP contribution in [0.2, 0.25) is 0 Å². The van der Waals surface area contributed by atoms with Gasteiger partial charge in [0.15, 0.2) is 0 Å². The van der Waals surface area contributed by atoms with Crippen LogP contribution in [-0.2, 0) is 32.7 Å². The molecule has 0 fully saturated rings. The molecular weight excluding hydrogens is 187 g/mol. The van der Waals surface area contributed by atoms with Crippen molar-refractivity contribution in [2.75, 3.05) is 0 Å². The Kier molecular flexibility index (Phi) is 8.29. The zero-order valence-corrected chi connectivity index (χ0v) is 8.09. The minimum absolute atomic E-state index is 0. The summed E-state index contributed by atoms with van der Waals surface area (Å²) < 4.78 is 0. The Morgan fingerprint density at radius 1 is 1.00 bits per heavy atom. The van der Waals surface area contributed by atoms with Crippen molar-refractivity contribution >= 4 is 0 Å². The molecule has 0 spiro atoms. The van der Waals surface area contributed by atoms with Crippen molar-refractivity contribution in [3.8, 4) is 0 Å². The fourth-order valence-electron chi connectivity index (χ4n) is 0.478. The molecule has 1 aromatic rings. The molecule has 0 bridgehead atoms. The van der Waals surface area contributed by atoms with E-state index in [-0.39, 0.29) is 38.9 Å².